The minimum Gasteiger partial charge on any atom is -0.271 e. The van der Waals surface area contributed by atoms with Gasteiger partial charge in [-0.2, -0.15) is 0 Å². The number of aryl methyl sites for hydroxylation is 1. The van der Waals surface area contributed by atoms with E-state index in [-0.39, 0.29) is 11.9 Å². The van der Waals surface area contributed by atoms with Crippen LogP contribution in [0, 0.1) is 24.6 Å². The van der Waals surface area contributed by atoms with Gasteiger partial charge in [0.15, 0.2) is 0 Å². The molecule has 0 radical (unpaired) electrons. The number of hydrazine groups is 1. The second kappa shape index (κ2) is 3.91. The van der Waals surface area contributed by atoms with Crippen LogP contribution in [0.4, 0.5) is 4.39 Å². The van der Waals surface area contributed by atoms with E-state index in [1.807, 2.05) is 13.0 Å². The van der Waals surface area contributed by atoms with E-state index in [2.05, 4.69) is 12.3 Å². The maximum Gasteiger partial charge on any atom is 0.128 e. The maximum absolute atomic E-state index is 13.6. The number of hydrogen-bond donors (Lipinski definition) is 2. The van der Waals surface area contributed by atoms with Crippen LogP contribution in [-0.2, 0) is 0 Å². The lowest BCUT2D eigenvalue weighted by atomic mass is 9.99. The van der Waals surface area contributed by atoms with Crippen molar-refractivity contribution >= 4 is 0 Å². The molecule has 3 atom stereocenters. The molecule has 82 valence electrons. The van der Waals surface area contributed by atoms with Crippen LogP contribution in [0.5, 0.6) is 0 Å². The highest BCUT2D eigenvalue weighted by atomic mass is 19.1. The lowest BCUT2D eigenvalue weighted by Gasteiger charge is -2.17. The molecule has 0 heterocycles. The van der Waals surface area contributed by atoms with Crippen molar-refractivity contribution in [2.45, 2.75) is 26.3 Å². The van der Waals surface area contributed by atoms with Gasteiger partial charge in [-0.3, -0.25) is 11.3 Å². The van der Waals surface area contributed by atoms with Crippen molar-refractivity contribution in [1.82, 2.24) is 5.43 Å². The number of nitrogens with one attached hydrogen (secondary N) is 1. The summed E-state index contributed by atoms with van der Waals surface area (Å²) in [5.74, 6) is 6.47. The molecule has 0 saturated heterocycles. The van der Waals surface area contributed by atoms with E-state index in [1.54, 1.807) is 6.07 Å². The second-order valence-electron chi connectivity index (χ2n) is 4.55. The molecular formula is C12H17FN2. The number of hydrogen-bond acceptors (Lipinski definition) is 2. The zero-order valence-electron chi connectivity index (χ0n) is 9.13. The van der Waals surface area contributed by atoms with Gasteiger partial charge >= 0.3 is 0 Å². The Balaban J connectivity index is 2.29. The molecule has 1 fully saturated rings. The third-order valence-corrected chi connectivity index (χ3v) is 3.27. The third kappa shape index (κ3) is 2.03. The lowest BCUT2D eigenvalue weighted by molar-refractivity contribution is 0.452. The molecule has 2 nitrogen and oxygen atoms in total. The molecule has 15 heavy (non-hydrogen) atoms. The van der Waals surface area contributed by atoms with E-state index in [4.69, 9.17) is 5.84 Å². The third-order valence-electron chi connectivity index (χ3n) is 3.27. The van der Waals surface area contributed by atoms with Gasteiger partial charge in [0.2, 0.25) is 0 Å². The average molecular weight is 208 g/mol. The van der Waals surface area contributed by atoms with Gasteiger partial charge in [0.1, 0.15) is 5.82 Å². The molecule has 0 aliphatic heterocycles. The zero-order chi connectivity index (χ0) is 11.0. The van der Waals surface area contributed by atoms with Crippen LogP contribution in [0.15, 0.2) is 18.2 Å². The first-order valence-corrected chi connectivity index (χ1v) is 5.35. The Kier molecular flexibility index (Phi) is 2.76. The van der Waals surface area contributed by atoms with Crippen LogP contribution >= 0.6 is 0 Å². The highest BCUT2D eigenvalue weighted by molar-refractivity contribution is 5.28. The number of nitrogens with two attached hydrogens (primary N) is 1. The number of halogens is 1. The van der Waals surface area contributed by atoms with Crippen molar-refractivity contribution < 1.29 is 4.39 Å². The molecule has 3 N–H and O–H groups in total. The molecule has 1 aromatic carbocycles. The summed E-state index contributed by atoms with van der Waals surface area (Å²) in [5, 5.41) is 0. The second-order valence-corrected chi connectivity index (χ2v) is 4.55. The summed E-state index contributed by atoms with van der Waals surface area (Å²) in [6, 6.07) is 5.13. The molecule has 3 unspecified atom stereocenters. The Hall–Kier alpha value is -0.930. The molecule has 0 bridgehead atoms. The van der Waals surface area contributed by atoms with Crippen molar-refractivity contribution in [3.63, 3.8) is 0 Å². The van der Waals surface area contributed by atoms with Gasteiger partial charge in [-0.1, -0.05) is 24.6 Å². The average Bonchev–Trinajstić information content (AvgIpc) is 2.90. The van der Waals surface area contributed by atoms with E-state index >= 15 is 0 Å². The van der Waals surface area contributed by atoms with Crippen LogP contribution in [0.25, 0.3) is 0 Å². The Labute approximate surface area is 89.6 Å². The molecule has 1 aliphatic rings. The maximum atomic E-state index is 13.6. The molecule has 0 aromatic heterocycles. The first-order chi connectivity index (χ1) is 7.13. The summed E-state index contributed by atoms with van der Waals surface area (Å²) in [7, 11) is 0. The SMILES string of the molecule is Cc1ccc(F)c(C(NN)C2CC2C)c1. The van der Waals surface area contributed by atoms with E-state index in [9.17, 15) is 4.39 Å². The summed E-state index contributed by atoms with van der Waals surface area (Å²) in [6.07, 6.45) is 1.13. The molecule has 1 saturated carbocycles. The van der Waals surface area contributed by atoms with Gasteiger partial charge in [-0.25, -0.2) is 4.39 Å². The summed E-state index contributed by atoms with van der Waals surface area (Å²) in [5.41, 5.74) is 4.51. The van der Waals surface area contributed by atoms with E-state index < -0.39 is 0 Å². The first-order valence-electron chi connectivity index (χ1n) is 5.35. The van der Waals surface area contributed by atoms with Gasteiger partial charge in [0.05, 0.1) is 6.04 Å². The molecule has 0 spiro atoms. The van der Waals surface area contributed by atoms with Crippen LogP contribution in [0.3, 0.4) is 0 Å². The summed E-state index contributed by atoms with van der Waals surface area (Å²) in [4.78, 5) is 0. The quantitative estimate of drug-likeness (QED) is 0.591. The number of benzene rings is 1. The van der Waals surface area contributed by atoms with Gasteiger partial charge < -0.3 is 0 Å². The molecular weight excluding hydrogens is 191 g/mol. The lowest BCUT2D eigenvalue weighted by Crippen LogP contribution is -2.30. The van der Waals surface area contributed by atoms with E-state index in [0.717, 1.165) is 12.0 Å². The normalized spacial score (nSPS) is 26.4. The Morgan fingerprint density at radius 3 is 2.73 bits per heavy atom. The standard InChI is InChI=1S/C12H17FN2/c1-7-3-4-11(13)10(5-7)12(15-14)9-6-8(9)2/h3-5,8-9,12,15H,6,14H2,1-2H3. The summed E-state index contributed by atoms with van der Waals surface area (Å²) >= 11 is 0. The molecule has 1 aromatic rings. The van der Waals surface area contributed by atoms with E-state index in [0.29, 0.717) is 17.4 Å². The van der Waals surface area contributed by atoms with Crippen LogP contribution < -0.4 is 11.3 Å². The van der Waals surface area contributed by atoms with Crippen LogP contribution in [-0.4, -0.2) is 0 Å². The predicted molar refractivity (Wildman–Crippen MR) is 58.5 cm³/mol. The Bertz CT molecular complexity index is 365. The van der Waals surface area contributed by atoms with Gasteiger partial charge in [-0.15, -0.1) is 0 Å². The van der Waals surface area contributed by atoms with Crippen molar-refractivity contribution in [1.29, 1.82) is 0 Å². The summed E-state index contributed by atoms with van der Waals surface area (Å²) < 4.78 is 13.6. The van der Waals surface area contributed by atoms with Crippen LogP contribution in [0.1, 0.15) is 30.5 Å². The Morgan fingerprint density at radius 1 is 1.53 bits per heavy atom. The fourth-order valence-electron chi connectivity index (χ4n) is 2.16. The predicted octanol–water partition coefficient (Wildman–Crippen LogP) is 2.29. The smallest absolute Gasteiger partial charge is 0.128 e. The zero-order valence-corrected chi connectivity index (χ0v) is 9.13. The van der Waals surface area contributed by atoms with E-state index in [1.165, 1.54) is 6.07 Å². The Morgan fingerprint density at radius 2 is 2.20 bits per heavy atom. The topological polar surface area (TPSA) is 38.0 Å². The van der Waals surface area contributed by atoms with Gasteiger partial charge in [-0.05, 0) is 31.2 Å². The largest absolute Gasteiger partial charge is 0.271 e. The van der Waals surface area contributed by atoms with Crippen molar-refractivity contribution in [3.8, 4) is 0 Å². The van der Waals surface area contributed by atoms with Gasteiger partial charge in [0, 0.05) is 5.56 Å². The van der Waals surface area contributed by atoms with Gasteiger partial charge in [0.25, 0.3) is 0 Å². The minimum absolute atomic E-state index is 0.0418. The summed E-state index contributed by atoms with van der Waals surface area (Å²) in [6.45, 7) is 4.13. The highest BCUT2D eigenvalue weighted by Crippen LogP contribution is 2.47. The molecule has 0 amide bonds. The van der Waals surface area contributed by atoms with Crippen molar-refractivity contribution in [3.05, 3.63) is 35.1 Å². The fourth-order valence-corrected chi connectivity index (χ4v) is 2.16. The van der Waals surface area contributed by atoms with Crippen molar-refractivity contribution in [2.24, 2.45) is 17.7 Å². The molecule has 3 heteroatoms. The fraction of sp³-hybridized carbons (Fsp3) is 0.500. The first kappa shape index (κ1) is 10.6. The molecule has 2 rings (SSSR count). The molecule has 1 aliphatic carbocycles. The highest BCUT2D eigenvalue weighted by Gasteiger charge is 2.40. The monoisotopic (exact) mass is 208 g/mol. The van der Waals surface area contributed by atoms with Crippen LogP contribution in [0.2, 0.25) is 0 Å². The van der Waals surface area contributed by atoms with Crippen molar-refractivity contribution in [2.75, 3.05) is 0 Å². The number of rotatable bonds is 3. The minimum atomic E-state index is -0.164.